The molecule has 0 bridgehead atoms. The Bertz CT molecular complexity index is 793. The number of hydrogen-bond donors (Lipinski definition) is 1. The summed E-state index contributed by atoms with van der Waals surface area (Å²) in [4.78, 5) is 13.8. The van der Waals surface area contributed by atoms with Gasteiger partial charge in [0.05, 0.1) is 12.1 Å². The Balaban J connectivity index is 1.65. The molecular formula is C20H27FN6O. The summed E-state index contributed by atoms with van der Waals surface area (Å²) in [7, 11) is 0. The van der Waals surface area contributed by atoms with Gasteiger partial charge in [-0.1, -0.05) is 31.4 Å². The van der Waals surface area contributed by atoms with Crippen LogP contribution in [0.25, 0.3) is 0 Å². The van der Waals surface area contributed by atoms with E-state index in [0.29, 0.717) is 6.04 Å². The number of carbonyl (C=O) groups excluding carboxylic acids is 1. The third kappa shape index (κ3) is 3.92. The summed E-state index contributed by atoms with van der Waals surface area (Å²) >= 11 is 0. The van der Waals surface area contributed by atoms with Crippen LogP contribution in [-0.4, -0.2) is 44.1 Å². The van der Waals surface area contributed by atoms with E-state index in [9.17, 15) is 9.18 Å². The molecule has 7 nitrogen and oxygen atoms in total. The summed E-state index contributed by atoms with van der Waals surface area (Å²) in [6, 6.07) is 6.72. The molecule has 1 atom stereocenters. The van der Waals surface area contributed by atoms with E-state index in [-0.39, 0.29) is 23.7 Å². The molecule has 28 heavy (non-hydrogen) atoms. The first-order valence-corrected chi connectivity index (χ1v) is 10.2. The third-order valence-electron chi connectivity index (χ3n) is 6.17. The molecule has 1 aromatic heterocycles. The van der Waals surface area contributed by atoms with Crippen LogP contribution in [0.15, 0.2) is 24.3 Å². The maximum absolute atomic E-state index is 13.5. The van der Waals surface area contributed by atoms with Crippen molar-refractivity contribution in [2.24, 2.45) is 11.7 Å². The predicted octanol–water partition coefficient (Wildman–Crippen LogP) is 2.60. The first-order chi connectivity index (χ1) is 13.6. The van der Waals surface area contributed by atoms with Crippen molar-refractivity contribution < 1.29 is 9.18 Å². The van der Waals surface area contributed by atoms with Gasteiger partial charge in [0.1, 0.15) is 5.82 Å². The normalized spacial score (nSPS) is 20.9. The van der Waals surface area contributed by atoms with Crippen LogP contribution in [0.4, 0.5) is 4.39 Å². The van der Waals surface area contributed by atoms with Crippen molar-refractivity contribution in [1.82, 2.24) is 25.1 Å². The standard InChI is InChI=1S/C20H27FN6O/c21-16-8-6-14(7-9-16)18(26-12-10-15(11-13-26)19(22)28)20-23-24-25-27(20)17-4-2-1-3-5-17/h6-9,15,17-18H,1-5,10-13H2,(H2,22,28)/t18-/m1/s1. The molecule has 2 aromatic rings. The van der Waals surface area contributed by atoms with Gasteiger partial charge in [-0.3, -0.25) is 9.69 Å². The lowest BCUT2D eigenvalue weighted by atomic mass is 9.92. The zero-order valence-corrected chi connectivity index (χ0v) is 16.0. The van der Waals surface area contributed by atoms with Crippen molar-refractivity contribution in [3.05, 3.63) is 41.5 Å². The number of carbonyl (C=O) groups is 1. The maximum atomic E-state index is 13.5. The van der Waals surface area contributed by atoms with E-state index in [1.165, 1.54) is 31.4 Å². The Hall–Kier alpha value is -2.35. The number of rotatable bonds is 5. The number of hydrogen-bond acceptors (Lipinski definition) is 5. The molecule has 0 radical (unpaired) electrons. The van der Waals surface area contributed by atoms with Crippen molar-refractivity contribution in [1.29, 1.82) is 0 Å². The molecule has 1 aromatic carbocycles. The van der Waals surface area contributed by atoms with Gasteiger partial charge in [-0.15, -0.1) is 5.10 Å². The summed E-state index contributed by atoms with van der Waals surface area (Å²) in [5, 5.41) is 12.7. The minimum atomic E-state index is -0.262. The van der Waals surface area contributed by atoms with E-state index in [1.807, 2.05) is 4.68 Å². The lowest BCUT2D eigenvalue weighted by molar-refractivity contribution is -0.123. The van der Waals surface area contributed by atoms with Gasteiger partial charge in [0.25, 0.3) is 0 Å². The molecule has 1 amide bonds. The number of tetrazole rings is 1. The molecule has 4 rings (SSSR count). The highest BCUT2D eigenvalue weighted by Gasteiger charge is 2.34. The molecule has 1 aliphatic heterocycles. The smallest absolute Gasteiger partial charge is 0.220 e. The van der Waals surface area contributed by atoms with Crippen LogP contribution in [0.3, 0.4) is 0 Å². The van der Waals surface area contributed by atoms with E-state index in [2.05, 4.69) is 20.4 Å². The van der Waals surface area contributed by atoms with Crippen LogP contribution >= 0.6 is 0 Å². The fraction of sp³-hybridized carbons (Fsp3) is 0.600. The van der Waals surface area contributed by atoms with Gasteiger partial charge in [-0.05, 0) is 66.9 Å². The second kappa shape index (κ2) is 8.34. The van der Waals surface area contributed by atoms with Crippen LogP contribution in [0.2, 0.25) is 0 Å². The second-order valence-electron chi connectivity index (χ2n) is 7.94. The monoisotopic (exact) mass is 386 g/mol. The van der Waals surface area contributed by atoms with Crippen LogP contribution in [0, 0.1) is 11.7 Å². The van der Waals surface area contributed by atoms with Gasteiger partial charge in [-0.2, -0.15) is 0 Å². The first-order valence-electron chi connectivity index (χ1n) is 10.2. The Labute approximate surface area is 164 Å². The van der Waals surface area contributed by atoms with Gasteiger partial charge in [0, 0.05) is 5.92 Å². The summed E-state index contributed by atoms with van der Waals surface area (Å²) < 4.78 is 15.5. The molecule has 150 valence electrons. The summed E-state index contributed by atoms with van der Waals surface area (Å²) in [6.07, 6.45) is 7.24. The largest absolute Gasteiger partial charge is 0.369 e. The van der Waals surface area contributed by atoms with Crippen molar-refractivity contribution in [3.8, 4) is 0 Å². The van der Waals surface area contributed by atoms with E-state index < -0.39 is 0 Å². The third-order valence-corrected chi connectivity index (χ3v) is 6.17. The van der Waals surface area contributed by atoms with E-state index >= 15 is 0 Å². The SMILES string of the molecule is NC(=O)C1CCN([C@H](c2ccc(F)cc2)c2nnnn2C2CCCCC2)CC1. The average molecular weight is 386 g/mol. The van der Waals surface area contributed by atoms with E-state index in [0.717, 1.165) is 50.2 Å². The number of primary amides is 1. The minimum Gasteiger partial charge on any atom is -0.369 e. The molecule has 0 spiro atoms. The minimum absolute atomic E-state index is 0.0838. The summed E-state index contributed by atoms with van der Waals surface area (Å²) in [5.74, 6) is 0.224. The van der Waals surface area contributed by atoms with Crippen LogP contribution in [-0.2, 0) is 4.79 Å². The predicted molar refractivity (Wildman–Crippen MR) is 102 cm³/mol. The lowest BCUT2D eigenvalue weighted by Crippen LogP contribution is -2.41. The quantitative estimate of drug-likeness (QED) is 0.853. The maximum Gasteiger partial charge on any atom is 0.220 e. The number of nitrogens with two attached hydrogens (primary N) is 1. The van der Waals surface area contributed by atoms with Crippen LogP contribution in [0.5, 0.6) is 0 Å². The van der Waals surface area contributed by atoms with Crippen molar-refractivity contribution in [2.45, 2.75) is 57.0 Å². The zero-order chi connectivity index (χ0) is 19.5. The number of likely N-dealkylation sites (tertiary alicyclic amines) is 1. The van der Waals surface area contributed by atoms with Gasteiger partial charge in [0.15, 0.2) is 5.82 Å². The fourth-order valence-electron chi connectivity index (χ4n) is 4.58. The van der Waals surface area contributed by atoms with Crippen LogP contribution < -0.4 is 5.73 Å². The number of benzene rings is 1. The number of nitrogens with zero attached hydrogens (tertiary/aromatic N) is 5. The molecule has 8 heteroatoms. The van der Waals surface area contributed by atoms with E-state index in [4.69, 9.17) is 5.73 Å². The van der Waals surface area contributed by atoms with E-state index in [1.54, 1.807) is 12.1 Å². The topological polar surface area (TPSA) is 89.9 Å². The highest BCUT2D eigenvalue weighted by Crippen LogP contribution is 2.35. The number of aromatic nitrogens is 4. The van der Waals surface area contributed by atoms with Crippen molar-refractivity contribution in [3.63, 3.8) is 0 Å². The molecule has 1 saturated carbocycles. The van der Waals surface area contributed by atoms with Gasteiger partial charge in [0.2, 0.25) is 5.91 Å². The average Bonchev–Trinajstić information content (AvgIpc) is 3.20. The Morgan fingerprint density at radius 3 is 2.39 bits per heavy atom. The lowest BCUT2D eigenvalue weighted by Gasteiger charge is -2.37. The molecule has 1 aliphatic carbocycles. The summed E-state index contributed by atoms with van der Waals surface area (Å²) in [6.45, 7) is 1.46. The molecule has 2 heterocycles. The van der Waals surface area contributed by atoms with Gasteiger partial charge in [-0.25, -0.2) is 9.07 Å². The number of piperidine rings is 1. The van der Waals surface area contributed by atoms with Gasteiger partial charge >= 0.3 is 0 Å². The molecule has 2 N–H and O–H groups in total. The van der Waals surface area contributed by atoms with Crippen LogP contribution in [0.1, 0.15) is 68.4 Å². The Kier molecular flexibility index (Phi) is 5.66. The first kappa shape index (κ1) is 19.0. The molecule has 2 aliphatic rings. The molecule has 1 saturated heterocycles. The zero-order valence-electron chi connectivity index (χ0n) is 16.0. The highest BCUT2D eigenvalue weighted by molar-refractivity contribution is 5.76. The Morgan fingerprint density at radius 2 is 1.75 bits per heavy atom. The number of halogens is 1. The second-order valence-corrected chi connectivity index (χ2v) is 7.94. The van der Waals surface area contributed by atoms with Crippen molar-refractivity contribution in [2.75, 3.05) is 13.1 Å². The van der Waals surface area contributed by atoms with Gasteiger partial charge < -0.3 is 5.73 Å². The molecular weight excluding hydrogens is 359 g/mol. The Morgan fingerprint density at radius 1 is 1.07 bits per heavy atom. The molecule has 0 unspecified atom stereocenters. The molecule has 2 fully saturated rings. The summed E-state index contributed by atoms with van der Waals surface area (Å²) in [5.41, 5.74) is 6.46. The highest BCUT2D eigenvalue weighted by atomic mass is 19.1. The van der Waals surface area contributed by atoms with Crippen molar-refractivity contribution >= 4 is 5.91 Å². The number of amides is 1. The fourth-order valence-corrected chi connectivity index (χ4v) is 4.58.